The average molecular weight is 347 g/mol. The number of aryl methyl sites for hydroxylation is 1. The molecule has 0 aliphatic carbocycles. The molecule has 0 saturated heterocycles. The monoisotopic (exact) mass is 346 g/mol. The number of carbonyl (C=O) groups is 1. The summed E-state index contributed by atoms with van der Waals surface area (Å²) >= 11 is 0. The lowest BCUT2D eigenvalue weighted by molar-refractivity contribution is -0.143. The van der Waals surface area contributed by atoms with Gasteiger partial charge in [0.1, 0.15) is 0 Å². The molecule has 0 spiro atoms. The predicted molar refractivity (Wildman–Crippen MR) is 107 cm³/mol. The van der Waals surface area contributed by atoms with Gasteiger partial charge in [-0.25, -0.2) is 0 Å². The number of carbonyl (C=O) groups excluding carboxylic acids is 1. The Hall–Kier alpha value is -1.31. The van der Waals surface area contributed by atoms with Crippen molar-refractivity contribution in [3.8, 4) is 0 Å². The van der Waals surface area contributed by atoms with Crippen LogP contribution in [0.2, 0.25) is 0 Å². The number of unbranched alkanes of at least 4 members (excludes halogenated alkanes) is 8. The molecule has 0 unspecified atom stereocenters. The molecule has 0 aliphatic rings. The number of esters is 1. The number of hydrogen-bond donors (Lipinski definition) is 0. The molecule has 1 rings (SSSR count). The van der Waals surface area contributed by atoms with Crippen LogP contribution in [-0.4, -0.2) is 12.6 Å². The van der Waals surface area contributed by atoms with E-state index in [1.165, 1.54) is 68.9 Å². The highest BCUT2D eigenvalue weighted by molar-refractivity contribution is 5.69. The molecule has 0 heterocycles. The molecule has 142 valence electrons. The van der Waals surface area contributed by atoms with Crippen molar-refractivity contribution in [2.45, 2.75) is 97.3 Å². The van der Waals surface area contributed by atoms with Gasteiger partial charge in [-0.05, 0) is 30.4 Å². The van der Waals surface area contributed by atoms with Crippen LogP contribution in [0.25, 0.3) is 0 Å². The highest BCUT2D eigenvalue weighted by atomic mass is 16.5. The summed E-state index contributed by atoms with van der Waals surface area (Å²) in [5.41, 5.74) is 2.68. The van der Waals surface area contributed by atoms with E-state index in [1.54, 1.807) is 0 Å². The van der Waals surface area contributed by atoms with Gasteiger partial charge in [0.25, 0.3) is 0 Å². The van der Waals surface area contributed by atoms with E-state index in [0.29, 0.717) is 13.0 Å². The molecule has 0 bridgehead atoms. The molecule has 25 heavy (non-hydrogen) atoms. The third-order valence-corrected chi connectivity index (χ3v) is 4.73. The zero-order chi connectivity index (χ0) is 18.2. The molecule has 0 saturated carbocycles. The first-order valence-corrected chi connectivity index (χ1v) is 10.5. The molecule has 0 N–H and O–H groups in total. The topological polar surface area (TPSA) is 26.3 Å². The van der Waals surface area contributed by atoms with Crippen molar-refractivity contribution in [3.63, 3.8) is 0 Å². The molecule has 2 heteroatoms. The summed E-state index contributed by atoms with van der Waals surface area (Å²) in [4.78, 5) is 11.5. The Morgan fingerprint density at radius 3 is 1.84 bits per heavy atom. The third kappa shape index (κ3) is 11.8. The molecule has 1 aromatic rings. The SMILES string of the molecule is CCCCCCCCCCc1ccc(CCOC(=O)CCCC)cc1. The van der Waals surface area contributed by atoms with E-state index < -0.39 is 0 Å². The van der Waals surface area contributed by atoms with Gasteiger partial charge in [-0.2, -0.15) is 0 Å². The van der Waals surface area contributed by atoms with Crippen LogP contribution < -0.4 is 0 Å². The van der Waals surface area contributed by atoms with Crippen LogP contribution in [0.5, 0.6) is 0 Å². The van der Waals surface area contributed by atoms with Crippen LogP contribution in [0.15, 0.2) is 24.3 Å². The minimum atomic E-state index is -0.0619. The largest absolute Gasteiger partial charge is 0.465 e. The summed E-state index contributed by atoms with van der Waals surface area (Å²) < 4.78 is 5.27. The van der Waals surface area contributed by atoms with Crippen molar-refractivity contribution in [2.24, 2.45) is 0 Å². The fourth-order valence-corrected chi connectivity index (χ4v) is 3.01. The summed E-state index contributed by atoms with van der Waals surface area (Å²) in [5.74, 6) is -0.0619. The summed E-state index contributed by atoms with van der Waals surface area (Å²) in [5, 5.41) is 0. The lowest BCUT2D eigenvalue weighted by atomic mass is 10.0. The van der Waals surface area contributed by atoms with E-state index >= 15 is 0 Å². The van der Waals surface area contributed by atoms with E-state index in [4.69, 9.17) is 4.74 Å². The number of benzene rings is 1. The summed E-state index contributed by atoms with van der Waals surface area (Å²) in [6, 6.07) is 8.82. The standard InChI is InChI=1S/C23H38O2/c1-3-5-7-8-9-10-11-12-13-21-15-17-22(18-16-21)19-20-25-23(24)14-6-4-2/h15-18H,3-14,19-20H2,1-2H3. The van der Waals surface area contributed by atoms with Crippen molar-refractivity contribution >= 4 is 5.97 Å². The van der Waals surface area contributed by atoms with Gasteiger partial charge in [-0.3, -0.25) is 4.79 Å². The van der Waals surface area contributed by atoms with Crippen LogP contribution in [0.3, 0.4) is 0 Å². The van der Waals surface area contributed by atoms with Crippen molar-refractivity contribution in [1.29, 1.82) is 0 Å². The third-order valence-electron chi connectivity index (χ3n) is 4.73. The average Bonchev–Trinajstić information content (AvgIpc) is 2.63. The maximum absolute atomic E-state index is 11.5. The highest BCUT2D eigenvalue weighted by Crippen LogP contribution is 2.12. The van der Waals surface area contributed by atoms with Crippen molar-refractivity contribution in [2.75, 3.05) is 6.61 Å². The van der Waals surface area contributed by atoms with E-state index in [-0.39, 0.29) is 5.97 Å². The fraction of sp³-hybridized carbons (Fsp3) is 0.696. The Labute approximate surface area is 155 Å². The maximum Gasteiger partial charge on any atom is 0.305 e. The van der Waals surface area contributed by atoms with Crippen LogP contribution >= 0.6 is 0 Å². The van der Waals surface area contributed by atoms with Gasteiger partial charge in [0.2, 0.25) is 0 Å². The molecular weight excluding hydrogens is 308 g/mol. The van der Waals surface area contributed by atoms with Crippen LogP contribution in [-0.2, 0) is 22.4 Å². The molecule has 0 aliphatic heterocycles. The second kappa shape index (κ2) is 15.0. The molecule has 0 radical (unpaired) electrons. The first kappa shape index (κ1) is 21.7. The molecule has 1 aromatic carbocycles. The summed E-state index contributed by atoms with van der Waals surface area (Å²) in [6.07, 6.45) is 15.5. The zero-order valence-electron chi connectivity index (χ0n) is 16.5. The summed E-state index contributed by atoms with van der Waals surface area (Å²) in [7, 11) is 0. The minimum absolute atomic E-state index is 0.0619. The van der Waals surface area contributed by atoms with Crippen molar-refractivity contribution in [3.05, 3.63) is 35.4 Å². The second-order valence-electron chi connectivity index (χ2n) is 7.12. The van der Waals surface area contributed by atoms with Gasteiger partial charge < -0.3 is 4.74 Å². The van der Waals surface area contributed by atoms with Gasteiger partial charge in [0.05, 0.1) is 6.61 Å². The normalized spacial score (nSPS) is 10.8. The first-order chi connectivity index (χ1) is 12.3. The Morgan fingerprint density at radius 2 is 1.24 bits per heavy atom. The minimum Gasteiger partial charge on any atom is -0.465 e. The number of hydrogen-bond acceptors (Lipinski definition) is 2. The van der Waals surface area contributed by atoms with Crippen molar-refractivity contribution < 1.29 is 9.53 Å². The smallest absolute Gasteiger partial charge is 0.305 e. The molecule has 0 amide bonds. The first-order valence-electron chi connectivity index (χ1n) is 10.5. The van der Waals surface area contributed by atoms with Crippen LogP contribution in [0.1, 0.15) is 95.6 Å². The lowest BCUT2D eigenvalue weighted by Gasteiger charge is -2.06. The Balaban J connectivity index is 2.08. The van der Waals surface area contributed by atoms with Crippen LogP contribution in [0.4, 0.5) is 0 Å². The van der Waals surface area contributed by atoms with Crippen molar-refractivity contribution in [1.82, 2.24) is 0 Å². The molecule has 0 fully saturated rings. The number of rotatable bonds is 15. The highest BCUT2D eigenvalue weighted by Gasteiger charge is 2.02. The van der Waals surface area contributed by atoms with E-state index in [0.717, 1.165) is 19.3 Å². The maximum atomic E-state index is 11.5. The van der Waals surface area contributed by atoms with Gasteiger partial charge >= 0.3 is 5.97 Å². The molecule has 2 nitrogen and oxygen atoms in total. The van der Waals surface area contributed by atoms with Gasteiger partial charge in [-0.1, -0.05) is 89.5 Å². The van der Waals surface area contributed by atoms with Crippen LogP contribution in [0, 0.1) is 0 Å². The summed E-state index contributed by atoms with van der Waals surface area (Å²) in [6.45, 7) is 4.85. The molecule has 0 atom stereocenters. The Bertz CT molecular complexity index is 436. The second-order valence-corrected chi connectivity index (χ2v) is 7.12. The number of ether oxygens (including phenoxy) is 1. The lowest BCUT2D eigenvalue weighted by Crippen LogP contribution is -2.07. The van der Waals surface area contributed by atoms with Gasteiger partial charge in [-0.15, -0.1) is 0 Å². The Morgan fingerprint density at radius 1 is 0.720 bits per heavy atom. The quantitative estimate of drug-likeness (QED) is 0.263. The van der Waals surface area contributed by atoms with E-state index in [1.807, 2.05) is 0 Å². The molecule has 0 aromatic heterocycles. The predicted octanol–water partition coefficient (Wildman–Crippen LogP) is 6.65. The Kier molecular flexibility index (Phi) is 13.0. The van der Waals surface area contributed by atoms with Gasteiger partial charge in [0, 0.05) is 12.8 Å². The zero-order valence-corrected chi connectivity index (χ0v) is 16.5. The fourth-order valence-electron chi connectivity index (χ4n) is 3.01. The van der Waals surface area contributed by atoms with Gasteiger partial charge in [0.15, 0.2) is 0 Å². The molecular formula is C23H38O2. The van der Waals surface area contributed by atoms with E-state index in [2.05, 4.69) is 38.1 Å². The van der Waals surface area contributed by atoms with E-state index in [9.17, 15) is 4.79 Å².